The molecule has 74 valence electrons. The molecule has 0 fully saturated rings. The lowest BCUT2D eigenvalue weighted by molar-refractivity contribution is -0.137. The molecule has 0 unspecified atom stereocenters. The van der Waals surface area contributed by atoms with Gasteiger partial charge in [0, 0.05) is 12.4 Å². The van der Waals surface area contributed by atoms with Crippen LogP contribution in [0.3, 0.4) is 0 Å². The minimum Gasteiger partial charge on any atom is -0.402 e. The normalized spacial score (nSPS) is 10.3. The summed E-state index contributed by atoms with van der Waals surface area (Å²) in [6.07, 6.45) is -2.05. The molecule has 0 amide bonds. The van der Waals surface area contributed by atoms with Crippen molar-refractivity contribution in [3.63, 3.8) is 0 Å². The Labute approximate surface area is 71.8 Å². The fourth-order valence-corrected chi connectivity index (χ4v) is 0.500. The molecule has 0 aliphatic heterocycles. The molecule has 0 bridgehead atoms. The van der Waals surface area contributed by atoms with Crippen LogP contribution in [0.15, 0.2) is 18.5 Å². The Balaban J connectivity index is 0.000000310. The van der Waals surface area contributed by atoms with Gasteiger partial charge < -0.3 is 20.1 Å². The Bertz CT molecular complexity index is 221. The average Bonchev–Trinajstić information content (AvgIpc) is 2.31. The number of aromatic nitrogens is 1. The maximum atomic E-state index is 11.6. The summed E-state index contributed by atoms with van der Waals surface area (Å²) in [5.74, 6) is 0. The van der Waals surface area contributed by atoms with Gasteiger partial charge in [-0.1, -0.05) is 0 Å². The van der Waals surface area contributed by atoms with Crippen molar-refractivity contribution in [2.24, 2.45) is 0 Å². The Morgan fingerprint density at radius 1 is 1.23 bits per heavy atom. The zero-order chi connectivity index (χ0) is 10.5. The average molecular weight is 197 g/mol. The summed E-state index contributed by atoms with van der Waals surface area (Å²) in [7, 11) is -2.17. The van der Waals surface area contributed by atoms with Gasteiger partial charge in [0.15, 0.2) is 0 Å². The van der Waals surface area contributed by atoms with E-state index in [-0.39, 0.29) is 0 Å². The molecule has 1 rings (SSSR count). The third-order valence-electron chi connectivity index (χ3n) is 0.925. The summed E-state index contributed by atoms with van der Waals surface area (Å²) in [4.78, 5) is 2.32. The van der Waals surface area contributed by atoms with Crippen LogP contribution in [0.1, 0.15) is 5.56 Å². The lowest BCUT2D eigenvalue weighted by Gasteiger charge is -1.99. The van der Waals surface area contributed by atoms with Gasteiger partial charge in [-0.25, -0.2) is 0 Å². The topological polar surface area (TPSA) is 76.5 Å². The molecule has 0 saturated carbocycles. The third kappa shape index (κ3) is 6.20. The maximum absolute atomic E-state index is 11.6. The van der Waals surface area contributed by atoms with Gasteiger partial charge in [0.1, 0.15) is 0 Å². The first-order valence-electron chi connectivity index (χ1n) is 3.08. The van der Waals surface area contributed by atoms with E-state index in [1.807, 2.05) is 0 Å². The molecular weight excluding hydrogens is 190 g/mol. The number of nitrogens with one attached hydrogen (secondary N) is 1. The van der Waals surface area contributed by atoms with Crippen molar-refractivity contribution in [3.8, 4) is 0 Å². The number of halogens is 3. The predicted octanol–water partition coefficient (Wildman–Crippen LogP) is -0.0183. The number of hydrogen-bond acceptors (Lipinski definition) is 3. The molecule has 0 aliphatic rings. The number of hydrogen-bond donors (Lipinski definition) is 4. The Hall–Kier alpha value is -0.985. The van der Waals surface area contributed by atoms with E-state index >= 15 is 0 Å². The van der Waals surface area contributed by atoms with Crippen LogP contribution in [-0.4, -0.2) is 27.4 Å². The highest BCUT2D eigenvalue weighted by Crippen LogP contribution is 2.28. The molecule has 8 heteroatoms. The molecule has 0 radical (unpaired) electrons. The third-order valence-corrected chi connectivity index (χ3v) is 0.925. The second kappa shape index (κ2) is 4.90. The molecular formula is C5H7BF3NO3. The standard InChI is InChI=1S/C5H4F3N.BH3O3/c6-5(7,8)4-1-2-9-3-4;2-1(3)4/h1-3,9H;2-4H. The van der Waals surface area contributed by atoms with Gasteiger partial charge in [-0.3, -0.25) is 0 Å². The van der Waals surface area contributed by atoms with E-state index in [1.165, 1.54) is 6.20 Å². The molecule has 1 heterocycles. The van der Waals surface area contributed by atoms with E-state index in [1.54, 1.807) is 0 Å². The Morgan fingerprint density at radius 3 is 1.85 bits per heavy atom. The minimum absolute atomic E-state index is 0.637. The summed E-state index contributed by atoms with van der Waals surface area (Å²) in [5, 5.41) is 21.5. The maximum Gasteiger partial charge on any atom is 0.631 e. The minimum atomic E-state index is -4.21. The smallest absolute Gasteiger partial charge is 0.402 e. The van der Waals surface area contributed by atoms with Crippen LogP contribution in [-0.2, 0) is 6.18 Å². The van der Waals surface area contributed by atoms with Gasteiger partial charge in [0.05, 0.1) is 5.56 Å². The monoisotopic (exact) mass is 197 g/mol. The highest BCUT2D eigenvalue weighted by Gasteiger charge is 2.30. The predicted molar refractivity (Wildman–Crippen MR) is 38.2 cm³/mol. The van der Waals surface area contributed by atoms with Gasteiger partial charge in [-0.2, -0.15) is 13.2 Å². The fraction of sp³-hybridized carbons (Fsp3) is 0.200. The highest BCUT2D eigenvalue weighted by molar-refractivity contribution is 6.30. The lowest BCUT2D eigenvalue weighted by Crippen LogP contribution is -2.07. The molecule has 0 aliphatic carbocycles. The molecule has 13 heavy (non-hydrogen) atoms. The van der Waals surface area contributed by atoms with E-state index in [4.69, 9.17) is 15.1 Å². The van der Waals surface area contributed by atoms with Crippen LogP contribution < -0.4 is 0 Å². The Kier molecular flexibility index (Phi) is 4.53. The first-order chi connectivity index (χ1) is 5.84. The van der Waals surface area contributed by atoms with Crippen LogP contribution >= 0.6 is 0 Å². The fourth-order valence-electron chi connectivity index (χ4n) is 0.500. The molecule has 0 saturated heterocycles. The zero-order valence-corrected chi connectivity index (χ0v) is 6.28. The Morgan fingerprint density at radius 2 is 1.69 bits per heavy atom. The zero-order valence-electron chi connectivity index (χ0n) is 6.28. The van der Waals surface area contributed by atoms with Crippen molar-refractivity contribution >= 4 is 7.32 Å². The summed E-state index contributed by atoms with van der Waals surface area (Å²) in [6, 6.07) is 0.986. The van der Waals surface area contributed by atoms with Crippen molar-refractivity contribution in [1.82, 2.24) is 4.98 Å². The van der Waals surface area contributed by atoms with Crippen LogP contribution in [0, 0.1) is 0 Å². The summed E-state index contributed by atoms with van der Waals surface area (Å²) >= 11 is 0. The number of aromatic amines is 1. The highest BCUT2D eigenvalue weighted by atomic mass is 19.4. The second-order valence-corrected chi connectivity index (χ2v) is 1.94. The van der Waals surface area contributed by atoms with E-state index in [2.05, 4.69) is 4.98 Å². The van der Waals surface area contributed by atoms with E-state index < -0.39 is 19.1 Å². The molecule has 0 atom stereocenters. The van der Waals surface area contributed by atoms with Crippen molar-refractivity contribution in [2.75, 3.05) is 0 Å². The molecule has 1 aromatic rings. The summed E-state index contributed by atoms with van der Waals surface area (Å²) in [6.45, 7) is 0. The van der Waals surface area contributed by atoms with Gasteiger partial charge in [-0.15, -0.1) is 0 Å². The van der Waals surface area contributed by atoms with Gasteiger partial charge in [0.25, 0.3) is 0 Å². The van der Waals surface area contributed by atoms with Crippen LogP contribution in [0.5, 0.6) is 0 Å². The van der Waals surface area contributed by atoms with E-state index in [9.17, 15) is 13.2 Å². The van der Waals surface area contributed by atoms with Crippen molar-refractivity contribution in [1.29, 1.82) is 0 Å². The molecule has 4 nitrogen and oxygen atoms in total. The number of H-pyrrole nitrogens is 1. The molecule has 0 spiro atoms. The first-order valence-corrected chi connectivity index (χ1v) is 3.08. The summed E-state index contributed by atoms with van der Waals surface area (Å²) < 4.78 is 34.8. The number of rotatable bonds is 0. The molecule has 4 N–H and O–H groups in total. The van der Waals surface area contributed by atoms with E-state index in [0.717, 1.165) is 12.3 Å². The van der Waals surface area contributed by atoms with Crippen molar-refractivity contribution in [2.45, 2.75) is 6.18 Å². The second-order valence-electron chi connectivity index (χ2n) is 1.94. The van der Waals surface area contributed by atoms with Crippen molar-refractivity contribution in [3.05, 3.63) is 24.0 Å². The first kappa shape index (κ1) is 12.0. The summed E-state index contributed by atoms with van der Waals surface area (Å²) in [5.41, 5.74) is -0.637. The lowest BCUT2D eigenvalue weighted by atomic mass is 10.3. The van der Waals surface area contributed by atoms with Crippen LogP contribution in [0.25, 0.3) is 0 Å². The van der Waals surface area contributed by atoms with Gasteiger partial charge in [0.2, 0.25) is 0 Å². The van der Waals surface area contributed by atoms with Gasteiger partial charge in [-0.05, 0) is 6.07 Å². The van der Waals surface area contributed by atoms with Crippen LogP contribution in [0.2, 0.25) is 0 Å². The molecule has 0 aromatic carbocycles. The van der Waals surface area contributed by atoms with Gasteiger partial charge >= 0.3 is 13.5 Å². The van der Waals surface area contributed by atoms with Crippen molar-refractivity contribution < 1.29 is 28.2 Å². The largest absolute Gasteiger partial charge is 0.631 e. The number of alkyl halides is 3. The quantitative estimate of drug-likeness (QED) is 0.441. The molecule has 1 aromatic heterocycles. The van der Waals surface area contributed by atoms with E-state index in [0.29, 0.717) is 0 Å². The van der Waals surface area contributed by atoms with Crippen LogP contribution in [0.4, 0.5) is 13.2 Å². The SMILES string of the molecule is FC(F)(F)c1cc[nH]c1.OB(O)O.